The van der Waals surface area contributed by atoms with Gasteiger partial charge in [-0.3, -0.25) is 9.78 Å². The fraction of sp³-hybridized carbons (Fsp3) is 0.286. The minimum absolute atomic E-state index is 0.0160. The van der Waals surface area contributed by atoms with Gasteiger partial charge in [0.15, 0.2) is 11.6 Å². The molecule has 0 aromatic carbocycles. The molecule has 178 valence electrons. The van der Waals surface area contributed by atoms with Crippen molar-refractivity contribution < 1.29 is 19.1 Å². The Morgan fingerprint density at radius 1 is 1.26 bits per heavy atom. The third-order valence-corrected chi connectivity index (χ3v) is 5.56. The Labute approximate surface area is 198 Å². The van der Waals surface area contributed by atoms with Crippen LogP contribution in [-0.2, 0) is 0 Å². The molecule has 3 heterocycles. The molecule has 0 saturated heterocycles. The summed E-state index contributed by atoms with van der Waals surface area (Å²) < 4.78 is 16.4. The average molecular weight is 489 g/mol. The molecule has 1 aliphatic carbocycles. The van der Waals surface area contributed by atoms with Crippen LogP contribution in [0.2, 0.25) is 5.02 Å². The number of carbonyl (C=O) groups is 2. The van der Waals surface area contributed by atoms with Crippen LogP contribution in [0.5, 0.6) is 0 Å². The van der Waals surface area contributed by atoms with Crippen molar-refractivity contribution in [2.75, 3.05) is 10.6 Å². The number of rotatable bonds is 9. The molecule has 11 nitrogen and oxygen atoms in total. The van der Waals surface area contributed by atoms with Crippen molar-refractivity contribution in [2.24, 2.45) is 11.7 Å². The van der Waals surface area contributed by atoms with Crippen LogP contribution in [0.4, 0.5) is 26.5 Å². The Balaban J connectivity index is 1.64. The molecule has 0 spiro atoms. The lowest BCUT2D eigenvalue weighted by atomic mass is 10.0. The number of anilines is 3. The van der Waals surface area contributed by atoms with Crippen LogP contribution in [0.25, 0.3) is 5.69 Å². The quantitative estimate of drug-likeness (QED) is 0.307. The average Bonchev–Trinajstić information content (AvgIpc) is 3.52. The van der Waals surface area contributed by atoms with Crippen LogP contribution in [0.15, 0.2) is 36.9 Å². The number of nitrogens with two attached hydrogens (primary N) is 1. The Morgan fingerprint density at radius 2 is 2.03 bits per heavy atom. The van der Waals surface area contributed by atoms with E-state index in [1.165, 1.54) is 17.1 Å². The number of pyridine rings is 2. The predicted octanol–water partition coefficient (Wildman–Crippen LogP) is 3.14. The zero-order valence-corrected chi connectivity index (χ0v) is 18.8. The molecule has 0 unspecified atom stereocenters. The van der Waals surface area contributed by atoms with Gasteiger partial charge in [0.1, 0.15) is 5.82 Å². The number of primary amides is 1. The molecule has 34 heavy (non-hydrogen) atoms. The Bertz CT molecular complexity index is 1230. The van der Waals surface area contributed by atoms with Crippen molar-refractivity contribution >= 4 is 40.9 Å². The molecular formula is C21H22ClFN8O3. The molecule has 13 heteroatoms. The highest BCUT2D eigenvalue weighted by Gasteiger charge is 2.36. The summed E-state index contributed by atoms with van der Waals surface area (Å²) in [6, 6.07) is 1.79. The maximum atomic E-state index is 14.9. The van der Waals surface area contributed by atoms with Crippen LogP contribution < -0.4 is 21.7 Å². The molecule has 1 saturated carbocycles. The summed E-state index contributed by atoms with van der Waals surface area (Å²) in [4.78, 5) is 31.5. The summed E-state index contributed by atoms with van der Waals surface area (Å²) in [6.07, 6.45) is 6.71. The summed E-state index contributed by atoms with van der Waals surface area (Å²) in [7, 11) is 0. The van der Waals surface area contributed by atoms with E-state index in [0.717, 1.165) is 18.9 Å². The molecule has 0 aliphatic heterocycles. The van der Waals surface area contributed by atoms with Gasteiger partial charge in [-0.05, 0) is 37.8 Å². The molecule has 3 aromatic rings. The zero-order valence-electron chi connectivity index (χ0n) is 18.0. The Morgan fingerprint density at radius 3 is 2.65 bits per heavy atom. The molecule has 2 amide bonds. The van der Waals surface area contributed by atoms with Gasteiger partial charge in [-0.1, -0.05) is 11.6 Å². The van der Waals surface area contributed by atoms with Gasteiger partial charge in [-0.2, -0.15) is 5.10 Å². The molecule has 0 bridgehead atoms. The van der Waals surface area contributed by atoms with Crippen molar-refractivity contribution in [3.05, 3.63) is 53.3 Å². The van der Waals surface area contributed by atoms with Crippen molar-refractivity contribution in [3.63, 3.8) is 0 Å². The molecule has 1 aliphatic rings. The van der Waals surface area contributed by atoms with Gasteiger partial charge in [-0.25, -0.2) is 18.9 Å². The monoisotopic (exact) mass is 488 g/mol. The van der Waals surface area contributed by atoms with Crippen molar-refractivity contribution in [1.29, 1.82) is 0 Å². The predicted molar refractivity (Wildman–Crippen MR) is 123 cm³/mol. The van der Waals surface area contributed by atoms with E-state index in [-0.39, 0.29) is 29.2 Å². The van der Waals surface area contributed by atoms with Crippen LogP contribution in [-0.4, -0.2) is 48.9 Å². The highest BCUT2D eigenvalue weighted by Crippen LogP contribution is 2.36. The van der Waals surface area contributed by atoms with E-state index in [4.69, 9.17) is 22.4 Å². The number of hydrogen-bond acceptors (Lipinski definition) is 7. The molecule has 6 N–H and O–H groups in total. The summed E-state index contributed by atoms with van der Waals surface area (Å²) in [5.41, 5.74) is 6.32. The lowest BCUT2D eigenvalue weighted by Crippen LogP contribution is -2.45. The van der Waals surface area contributed by atoms with Crippen molar-refractivity contribution in [2.45, 2.75) is 31.8 Å². The van der Waals surface area contributed by atoms with Gasteiger partial charge < -0.3 is 26.8 Å². The van der Waals surface area contributed by atoms with E-state index in [1.54, 1.807) is 25.4 Å². The number of halogens is 2. The molecule has 1 fully saturated rings. The first kappa shape index (κ1) is 23.2. The fourth-order valence-corrected chi connectivity index (χ4v) is 3.76. The number of nitrogens with one attached hydrogen (secondary N) is 3. The van der Waals surface area contributed by atoms with Crippen LogP contribution in [0, 0.1) is 11.7 Å². The minimum atomic E-state index is -1.18. The number of amides is 2. The molecule has 2 atom stereocenters. The molecular weight excluding hydrogens is 467 g/mol. The van der Waals surface area contributed by atoms with Gasteiger partial charge >= 0.3 is 6.09 Å². The summed E-state index contributed by atoms with van der Waals surface area (Å²) >= 11 is 5.93. The molecule has 0 radical (unpaired) electrons. The number of carboxylic acid groups (broad SMARTS) is 1. The van der Waals surface area contributed by atoms with E-state index < -0.39 is 23.9 Å². The highest BCUT2D eigenvalue weighted by atomic mass is 35.5. The van der Waals surface area contributed by atoms with Gasteiger partial charge in [0.2, 0.25) is 0 Å². The lowest BCUT2D eigenvalue weighted by Gasteiger charge is -2.26. The third-order valence-electron chi connectivity index (χ3n) is 5.37. The first-order chi connectivity index (χ1) is 16.2. The number of nitrogens with zero attached hydrogens (tertiary/aromatic N) is 4. The second-order valence-electron chi connectivity index (χ2n) is 7.98. The van der Waals surface area contributed by atoms with Crippen LogP contribution in [0.3, 0.4) is 0 Å². The van der Waals surface area contributed by atoms with E-state index in [2.05, 4.69) is 31.0 Å². The first-order valence-electron chi connectivity index (χ1n) is 10.4. The smallest absolute Gasteiger partial charge is 0.404 e. The summed E-state index contributed by atoms with van der Waals surface area (Å²) in [5.74, 6) is -1.61. The summed E-state index contributed by atoms with van der Waals surface area (Å²) in [6.45, 7) is 1.69. The minimum Gasteiger partial charge on any atom is -0.465 e. The van der Waals surface area contributed by atoms with E-state index >= 15 is 0 Å². The molecule has 3 aromatic heterocycles. The second kappa shape index (κ2) is 9.51. The number of hydrogen-bond donors (Lipinski definition) is 5. The van der Waals surface area contributed by atoms with Crippen molar-refractivity contribution in [1.82, 2.24) is 25.1 Å². The van der Waals surface area contributed by atoms with Crippen LogP contribution >= 0.6 is 11.6 Å². The number of aromatic nitrogens is 4. The lowest BCUT2D eigenvalue weighted by molar-refractivity contribution is 0.1000. The van der Waals surface area contributed by atoms with E-state index in [9.17, 15) is 14.0 Å². The highest BCUT2D eigenvalue weighted by molar-refractivity contribution is 6.30. The summed E-state index contributed by atoms with van der Waals surface area (Å²) in [5, 5.41) is 22.0. The fourth-order valence-electron chi connectivity index (χ4n) is 3.62. The number of carbonyl (C=O) groups excluding carboxylic acids is 1. The first-order valence-corrected chi connectivity index (χ1v) is 10.8. The molecule has 4 rings (SSSR count). The topological polar surface area (TPSA) is 160 Å². The Hall–Kier alpha value is -3.93. The Kier molecular flexibility index (Phi) is 6.50. The zero-order chi connectivity index (χ0) is 24.4. The van der Waals surface area contributed by atoms with Gasteiger partial charge in [0, 0.05) is 12.2 Å². The standard InChI is InChI=1S/C21H22ClFN8O3/c1-10(27-21(33)34)17(11-2-3-11)29-20-16(23)5-15(18(24)32)19(30-20)28-13-4-14(8-25-7-13)31-9-12(22)6-26-31/h4-11,17,27H,2-3H2,1H3,(H2,24,32)(H,33,34)(H2,28,29,30)/t10-,17-/m0/s1. The van der Waals surface area contributed by atoms with E-state index in [1.807, 2.05) is 0 Å². The largest absolute Gasteiger partial charge is 0.465 e. The van der Waals surface area contributed by atoms with E-state index in [0.29, 0.717) is 16.4 Å². The van der Waals surface area contributed by atoms with Gasteiger partial charge in [-0.15, -0.1) is 0 Å². The maximum absolute atomic E-state index is 14.9. The van der Waals surface area contributed by atoms with Gasteiger partial charge in [0.25, 0.3) is 5.91 Å². The second-order valence-corrected chi connectivity index (χ2v) is 8.42. The van der Waals surface area contributed by atoms with Crippen LogP contribution in [0.1, 0.15) is 30.1 Å². The maximum Gasteiger partial charge on any atom is 0.404 e. The van der Waals surface area contributed by atoms with Crippen molar-refractivity contribution in [3.8, 4) is 5.69 Å². The van der Waals surface area contributed by atoms with Gasteiger partial charge in [0.05, 0.1) is 46.6 Å². The third kappa shape index (κ3) is 5.34. The normalized spacial score (nSPS) is 14.8. The SMILES string of the molecule is C[C@H](NC(=O)O)[C@H](Nc1nc(Nc2cncc(-n3cc(Cl)cn3)c2)c(C(N)=O)cc1F)C1CC1.